The third-order valence-corrected chi connectivity index (χ3v) is 4.19. The van der Waals surface area contributed by atoms with Gasteiger partial charge in [-0.2, -0.15) is 5.10 Å². The predicted octanol–water partition coefficient (Wildman–Crippen LogP) is 2.54. The van der Waals surface area contributed by atoms with Gasteiger partial charge in [-0.1, -0.05) is 19.8 Å². The number of aliphatic hydroxyl groups excluding tert-OH is 1. The number of hydrogen-bond donors (Lipinski definition) is 1. The highest BCUT2D eigenvalue weighted by molar-refractivity contribution is 5.03. The molecule has 96 valence electrons. The average molecular weight is 236 g/mol. The maximum absolute atomic E-state index is 10.2. The van der Waals surface area contributed by atoms with Crippen molar-refractivity contribution in [3.05, 3.63) is 18.0 Å². The van der Waals surface area contributed by atoms with Crippen molar-refractivity contribution in [2.24, 2.45) is 18.9 Å². The van der Waals surface area contributed by atoms with Crippen LogP contribution in [0.25, 0.3) is 0 Å². The van der Waals surface area contributed by atoms with Crippen molar-refractivity contribution in [3.8, 4) is 0 Å². The van der Waals surface area contributed by atoms with Crippen LogP contribution in [0.15, 0.2) is 12.4 Å². The monoisotopic (exact) mass is 236 g/mol. The summed E-state index contributed by atoms with van der Waals surface area (Å²) >= 11 is 0. The van der Waals surface area contributed by atoms with Crippen molar-refractivity contribution < 1.29 is 5.11 Å². The van der Waals surface area contributed by atoms with E-state index in [1.54, 1.807) is 0 Å². The highest BCUT2D eigenvalue weighted by Gasteiger charge is 2.28. The molecule has 17 heavy (non-hydrogen) atoms. The fraction of sp³-hybridized carbons (Fsp3) is 0.786. The molecule has 1 aromatic heterocycles. The zero-order valence-electron chi connectivity index (χ0n) is 11.0. The quantitative estimate of drug-likeness (QED) is 0.853. The van der Waals surface area contributed by atoms with Gasteiger partial charge in [-0.25, -0.2) is 0 Å². The van der Waals surface area contributed by atoms with Gasteiger partial charge in [-0.05, 0) is 43.1 Å². The molecule has 1 aliphatic rings. The molecule has 0 aliphatic heterocycles. The SMILES string of the molecule is CCC1CCC(C(O)CCc2cnn(C)c2)C1. The van der Waals surface area contributed by atoms with Crippen LogP contribution in [-0.2, 0) is 13.5 Å². The molecule has 1 aromatic rings. The van der Waals surface area contributed by atoms with Crippen LogP contribution >= 0.6 is 0 Å². The summed E-state index contributed by atoms with van der Waals surface area (Å²) in [4.78, 5) is 0. The number of aromatic nitrogens is 2. The second-order valence-corrected chi connectivity index (χ2v) is 5.48. The summed E-state index contributed by atoms with van der Waals surface area (Å²) in [5.41, 5.74) is 1.23. The van der Waals surface area contributed by atoms with Crippen molar-refractivity contribution >= 4 is 0 Å². The lowest BCUT2D eigenvalue weighted by Crippen LogP contribution is -2.18. The Kier molecular flexibility index (Phi) is 4.21. The van der Waals surface area contributed by atoms with Crippen molar-refractivity contribution in [2.75, 3.05) is 0 Å². The fourth-order valence-corrected chi connectivity index (χ4v) is 2.99. The number of nitrogens with zero attached hydrogens (tertiary/aromatic N) is 2. The Morgan fingerprint density at radius 2 is 2.35 bits per heavy atom. The molecule has 0 saturated heterocycles. The third-order valence-electron chi connectivity index (χ3n) is 4.19. The van der Waals surface area contributed by atoms with Crippen LogP contribution in [0.5, 0.6) is 0 Å². The van der Waals surface area contributed by atoms with Gasteiger partial charge in [-0.15, -0.1) is 0 Å². The molecule has 1 fully saturated rings. The third kappa shape index (κ3) is 3.32. The van der Waals surface area contributed by atoms with E-state index in [1.807, 2.05) is 24.1 Å². The standard InChI is InChI=1S/C14H24N2O/c1-3-11-4-6-13(8-11)14(17)7-5-12-9-15-16(2)10-12/h9-11,13-14,17H,3-8H2,1-2H3. The molecular formula is C14H24N2O. The Morgan fingerprint density at radius 3 is 2.94 bits per heavy atom. The average Bonchev–Trinajstić information content (AvgIpc) is 2.94. The molecule has 3 nitrogen and oxygen atoms in total. The van der Waals surface area contributed by atoms with E-state index in [0.717, 1.165) is 18.8 Å². The van der Waals surface area contributed by atoms with Crippen LogP contribution in [-0.4, -0.2) is 21.0 Å². The van der Waals surface area contributed by atoms with Gasteiger partial charge in [0, 0.05) is 13.2 Å². The Balaban J connectivity index is 1.76. The normalized spacial score (nSPS) is 26.3. The molecule has 1 heterocycles. The summed E-state index contributed by atoms with van der Waals surface area (Å²) in [6, 6.07) is 0. The minimum absolute atomic E-state index is 0.119. The van der Waals surface area contributed by atoms with Crippen LogP contribution in [0.1, 0.15) is 44.6 Å². The molecule has 0 spiro atoms. The Bertz CT molecular complexity index is 348. The van der Waals surface area contributed by atoms with Crippen LogP contribution in [0.4, 0.5) is 0 Å². The lowest BCUT2D eigenvalue weighted by atomic mass is 9.94. The largest absolute Gasteiger partial charge is 0.393 e. The first-order valence-corrected chi connectivity index (χ1v) is 6.84. The number of aryl methyl sites for hydroxylation is 2. The maximum atomic E-state index is 10.2. The van der Waals surface area contributed by atoms with Crippen LogP contribution in [0.2, 0.25) is 0 Å². The zero-order valence-corrected chi connectivity index (χ0v) is 11.0. The van der Waals surface area contributed by atoms with Gasteiger partial charge in [0.1, 0.15) is 0 Å². The van der Waals surface area contributed by atoms with Gasteiger partial charge in [0.05, 0.1) is 12.3 Å². The van der Waals surface area contributed by atoms with Crippen LogP contribution in [0.3, 0.4) is 0 Å². The van der Waals surface area contributed by atoms with Gasteiger partial charge >= 0.3 is 0 Å². The molecule has 3 atom stereocenters. The van der Waals surface area contributed by atoms with Gasteiger partial charge in [0.2, 0.25) is 0 Å². The molecular weight excluding hydrogens is 212 g/mol. The summed E-state index contributed by atoms with van der Waals surface area (Å²) in [7, 11) is 1.93. The molecule has 3 heteroatoms. The topological polar surface area (TPSA) is 38.1 Å². The summed E-state index contributed by atoms with van der Waals surface area (Å²) in [6.07, 6.45) is 10.7. The molecule has 3 unspecified atom stereocenters. The predicted molar refractivity (Wildman–Crippen MR) is 68.7 cm³/mol. The smallest absolute Gasteiger partial charge is 0.0571 e. The lowest BCUT2D eigenvalue weighted by Gasteiger charge is -2.17. The number of rotatable bonds is 5. The summed E-state index contributed by atoms with van der Waals surface area (Å²) in [5, 5.41) is 14.4. The molecule has 1 N–H and O–H groups in total. The van der Waals surface area contributed by atoms with E-state index in [9.17, 15) is 5.11 Å². The van der Waals surface area contributed by atoms with Gasteiger partial charge in [0.25, 0.3) is 0 Å². The van der Waals surface area contributed by atoms with Crippen molar-refractivity contribution in [1.82, 2.24) is 9.78 Å². The molecule has 2 rings (SSSR count). The second kappa shape index (κ2) is 5.67. The van der Waals surface area contributed by atoms with Gasteiger partial charge in [0.15, 0.2) is 0 Å². The van der Waals surface area contributed by atoms with Crippen molar-refractivity contribution in [3.63, 3.8) is 0 Å². The summed E-state index contributed by atoms with van der Waals surface area (Å²) in [6.45, 7) is 2.26. The van der Waals surface area contributed by atoms with E-state index in [0.29, 0.717) is 5.92 Å². The Morgan fingerprint density at radius 1 is 1.53 bits per heavy atom. The first-order chi connectivity index (χ1) is 8.19. The second-order valence-electron chi connectivity index (χ2n) is 5.48. The fourth-order valence-electron chi connectivity index (χ4n) is 2.99. The number of aliphatic hydroxyl groups is 1. The first-order valence-electron chi connectivity index (χ1n) is 6.84. The highest BCUT2D eigenvalue weighted by atomic mass is 16.3. The molecule has 0 amide bonds. The molecule has 0 aromatic carbocycles. The molecule has 1 aliphatic carbocycles. The van der Waals surface area contributed by atoms with Gasteiger partial charge < -0.3 is 5.11 Å². The molecule has 0 radical (unpaired) electrons. The zero-order chi connectivity index (χ0) is 12.3. The highest BCUT2D eigenvalue weighted by Crippen LogP contribution is 2.35. The maximum Gasteiger partial charge on any atom is 0.0571 e. The first kappa shape index (κ1) is 12.6. The van der Waals surface area contributed by atoms with Crippen LogP contribution in [0, 0.1) is 11.8 Å². The number of hydrogen-bond acceptors (Lipinski definition) is 2. The Labute approximate surface area is 104 Å². The summed E-state index contributed by atoms with van der Waals surface area (Å²) < 4.78 is 1.82. The summed E-state index contributed by atoms with van der Waals surface area (Å²) in [5.74, 6) is 1.39. The van der Waals surface area contributed by atoms with Crippen molar-refractivity contribution in [1.29, 1.82) is 0 Å². The lowest BCUT2D eigenvalue weighted by molar-refractivity contribution is 0.0998. The minimum atomic E-state index is -0.119. The Hall–Kier alpha value is -0.830. The van der Waals surface area contributed by atoms with E-state index in [-0.39, 0.29) is 6.10 Å². The van der Waals surface area contributed by atoms with E-state index in [1.165, 1.54) is 31.2 Å². The van der Waals surface area contributed by atoms with E-state index >= 15 is 0 Å². The van der Waals surface area contributed by atoms with Crippen LogP contribution < -0.4 is 0 Å². The van der Waals surface area contributed by atoms with E-state index in [2.05, 4.69) is 12.0 Å². The van der Waals surface area contributed by atoms with E-state index in [4.69, 9.17) is 0 Å². The molecule has 1 saturated carbocycles. The molecule has 0 bridgehead atoms. The van der Waals surface area contributed by atoms with Gasteiger partial charge in [-0.3, -0.25) is 4.68 Å². The van der Waals surface area contributed by atoms with E-state index < -0.39 is 0 Å². The minimum Gasteiger partial charge on any atom is -0.393 e. The van der Waals surface area contributed by atoms with Crippen molar-refractivity contribution in [2.45, 2.75) is 51.6 Å².